The van der Waals surface area contributed by atoms with Crippen LogP contribution in [-0.4, -0.2) is 30.6 Å². The first-order valence-electron chi connectivity index (χ1n) is 13.1. The Morgan fingerprint density at radius 1 is 1.05 bits per heavy atom. The number of hydrogen-bond donors (Lipinski definition) is 1. The highest BCUT2D eigenvalue weighted by Gasteiger charge is 2.41. The number of hydrogen-bond acceptors (Lipinski definition) is 5. The molecule has 0 saturated heterocycles. The highest BCUT2D eigenvalue weighted by molar-refractivity contribution is 6.06. The molecule has 9 heteroatoms. The molecule has 0 bridgehead atoms. The van der Waals surface area contributed by atoms with Crippen LogP contribution in [0.2, 0.25) is 0 Å². The minimum absolute atomic E-state index is 0.00710. The van der Waals surface area contributed by atoms with E-state index < -0.39 is 18.1 Å². The number of rotatable bonds is 11. The van der Waals surface area contributed by atoms with Crippen LogP contribution in [0.15, 0.2) is 11.1 Å². The third-order valence-corrected chi connectivity index (χ3v) is 7.35. The van der Waals surface area contributed by atoms with Crippen LogP contribution < -0.4 is 5.32 Å². The molecule has 204 valence electrons. The maximum atomic E-state index is 13.3. The Kier molecular flexibility index (Phi) is 9.42. The third kappa shape index (κ3) is 6.36. The lowest BCUT2D eigenvalue weighted by Gasteiger charge is -2.22. The van der Waals surface area contributed by atoms with Gasteiger partial charge in [0.2, 0.25) is 0 Å². The summed E-state index contributed by atoms with van der Waals surface area (Å²) in [5.41, 5.74) is 4.52. The zero-order valence-electron chi connectivity index (χ0n) is 22.0. The van der Waals surface area contributed by atoms with E-state index in [-0.39, 0.29) is 42.8 Å². The molecule has 1 N–H and O–H groups in total. The predicted octanol–water partition coefficient (Wildman–Crippen LogP) is 6.51. The van der Waals surface area contributed by atoms with Gasteiger partial charge in [-0.1, -0.05) is 44.3 Å². The zero-order chi connectivity index (χ0) is 27.3. The number of amides is 1. The fourth-order valence-corrected chi connectivity index (χ4v) is 5.50. The first kappa shape index (κ1) is 28.7. The van der Waals surface area contributed by atoms with Gasteiger partial charge < -0.3 is 14.8 Å². The van der Waals surface area contributed by atoms with E-state index in [1.54, 1.807) is 6.92 Å². The number of ether oxygens (including phenoxy) is 2. The number of anilines is 1. The normalized spacial score (nSPS) is 17.2. The number of halogens is 3. The standard InChI is InChI=1S/C28H36F3NO5/c1-5-8-9-10-11-17-12-19(25(33)36-7-3)13-18(17)14-21-20(6-2)16(4)22-15-37-26(34)23(22)24(21)32-27(35)28(29,30)31/h19H,5-15H2,1-4H3,(H,32,35). The lowest BCUT2D eigenvalue weighted by atomic mass is 9.85. The minimum Gasteiger partial charge on any atom is -0.466 e. The summed E-state index contributed by atoms with van der Waals surface area (Å²) in [7, 11) is 0. The monoisotopic (exact) mass is 523 g/mol. The second-order valence-electron chi connectivity index (χ2n) is 9.74. The average molecular weight is 524 g/mol. The van der Waals surface area contributed by atoms with Gasteiger partial charge in [0.1, 0.15) is 6.61 Å². The molecule has 1 atom stereocenters. The van der Waals surface area contributed by atoms with Crippen molar-refractivity contribution in [2.45, 2.75) is 98.3 Å². The molecule has 0 saturated carbocycles. The van der Waals surface area contributed by atoms with Crippen molar-refractivity contribution >= 4 is 23.5 Å². The number of carbonyl (C=O) groups is 3. The van der Waals surface area contributed by atoms with E-state index in [0.717, 1.165) is 54.4 Å². The van der Waals surface area contributed by atoms with Crippen LogP contribution in [0, 0.1) is 12.8 Å². The van der Waals surface area contributed by atoms with Crippen molar-refractivity contribution in [3.63, 3.8) is 0 Å². The number of benzene rings is 1. The van der Waals surface area contributed by atoms with E-state index in [0.29, 0.717) is 30.4 Å². The minimum atomic E-state index is -5.12. The van der Waals surface area contributed by atoms with Gasteiger partial charge in [0.25, 0.3) is 0 Å². The number of unbranched alkanes of at least 4 members (excludes halogenated alkanes) is 3. The number of fused-ring (bicyclic) bond motifs is 1. The molecule has 1 heterocycles. The number of cyclic esters (lactones) is 1. The van der Waals surface area contributed by atoms with E-state index in [1.165, 1.54) is 0 Å². The van der Waals surface area contributed by atoms with Gasteiger partial charge in [0.15, 0.2) is 0 Å². The van der Waals surface area contributed by atoms with Gasteiger partial charge in [0.05, 0.1) is 23.8 Å². The Bertz CT molecular complexity index is 1090. The quantitative estimate of drug-likeness (QED) is 0.203. The van der Waals surface area contributed by atoms with Crippen LogP contribution in [0.1, 0.15) is 98.3 Å². The Labute approximate surface area is 216 Å². The largest absolute Gasteiger partial charge is 0.471 e. The molecule has 6 nitrogen and oxygen atoms in total. The number of carbonyl (C=O) groups excluding carboxylic acids is 3. The molecule has 1 aliphatic heterocycles. The summed E-state index contributed by atoms with van der Waals surface area (Å²) in [6.07, 6.45) is 1.61. The molecule has 1 aromatic rings. The van der Waals surface area contributed by atoms with E-state index >= 15 is 0 Å². The average Bonchev–Trinajstić information content (AvgIpc) is 3.42. The second-order valence-corrected chi connectivity index (χ2v) is 9.74. The lowest BCUT2D eigenvalue weighted by Crippen LogP contribution is -2.31. The maximum Gasteiger partial charge on any atom is 0.471 e. The summed E-state index contributed by atoms with van der Waals surface area (Å²) in [4.78, 5) is 37.2. The van der Waals surface area contributed by atoms with Crippen LogP contribution in [0.5, 0.6) is 0 Å². The van der Waals surface area contributed by atoms with Crippen LogP contribution >= 0.6 is 0 Å². The molecule has 2 aliphatic rings. The van der Waals surface area contributed by atoms with Crippen molar-refractivity contribution in [3.05, 3.63) is 39.0 Å². The molecule has 3 rings (SSSR count). The molecule has 0 aromatic heterocycles. The van der Waals surface area contributed by atoms with Gasteiger partial charge in [-0.15, -0.1) is 0 Å². The van der Waals surface area contributed by atoms with Crippen LogP contribution in [0.3, 0.4) is 0 Å². The summed E-state index contributed by atoms with van der Waals surface area (Å²) in [5.74, 6) is -3.50. The molecule has 1 aromatic carbocycles. The smallest absolute Gasteiger partial charge is 0.466 e. The highest BCUT2D eigenvalue weighted by Crippen LogP contribution is 2.43. The molecule has 0 radical (unpaired) electrons. The van der Waals surface area contributed by atoms with Crippen molar-refractivity contribution in [2.24, 2.45) is 5.92 Å². The molecule has 1 unspecified atom stereocenters. The molecular formula is C28H36F3NO5. The topological polar surface area (TPSA) is 81.7 Å². The van der Waals surface area contributed by atoms with E-state index in [2.05, 4.69) is 6.92 Å². The van der Waals surface area contributed by atoms with Crippen molar-refractivity contribution in [3.8, 4) is 0 Å². The maximum absolute atomic E-state index is 13.3. The predicted molar refractivity (Wildman–Crippen MR) is 133 cm³/mol. The second kappa shape index (κ2) is 12.1. The summed E-state index contributed by atoms with van der Waals surface area (Å²) >= 11 is 0. The van der Waals surface area contributed by atoms with E-state index in [1.807, 2.05) is 19.2 Å². The molecule has 1 aliphatic carbocycles. The summed E-state index contributed by atoms with van der Waals surface area (Å²) < 4.78 is 50.2. The van der Waals surface area contributed by atoms with Gasteiger partial charge in [-0.05, 0) is 69.1 Å². The third-order valence-electron chi connectivity index (χ3n) is 7.35. The summed E-state index contributed by atoms with van der Waals surface area (Å²) in [6.45, 7) is 7.83. The van der Waals surface area contributed by atoms with Gasteiger partial charge >= 0.3 is 24.0 Å². The van der Waals surface area contributed by atoms with Crippen molar-refractivity contribution in [1.29, 1.82) is 0 Å². The van der Waals surface area contributed by atoms with Gasteiger partial charge in [-0.3, -0.25) is 9.59 Å². The molecular weight excluding hydrogens is 487 g/mol. The number of nitrogens with one attached hydrogen (secondary N) is 1. The SMILES string of the molecule is CCCCCCC1=C(Cc2c(CC)c(C)c3c(c2NC(=O)C(F)(F)F)C(=O)OC3)CC(C(=O)OCC)C1. The van der Waals surface area contributed by atoms with Gasteiger partial charge in [-0.2, -0.15) is 13.2 Å². The van der Waals surface area contributed by atoms with Crippen molar-refractivity contribution < 1.29 is 37.0 Å². The van der Waals surface area contributed by atoms with Gasteiger partial charge in [0, 0.05) is 5.56 Å². The summed E-state index contributed by atoms with van der Waals surface area (Å²) in [6, 6.07) is 0. The zero-order valence-corrected chi connectivity index (χ0v) is 22.0. The van der Waals surface area contributed by atoms with E-state index in [9.17, 15) is 27.6 Å². The van der Waals surface area contributed by atoms with Crippen LogP contribution in [-0.2, 0) is 38.5 Å². The molecule has 0 spiro atoms. The Hall–Kier alpha value is -2.84. The fourth-order valence-electron chi connectivity index (χ4n) is 5.50. The molecule has 1 amide bonds. The number of alkyl halides is 3. The van der Waals surface area contributed by atoms with Gasteiger partial charge in [-0.25, -0.2) is 4.79 Å². The van der Waals surface area contributed by atoms with Crippen LogP contribution in [0.4, 0.5) is 18.9 Å². The fraction of sp³-hybridized carbons (Fsp3) is 0.607. The van der Waals surface area contributed by atoms with Crippen LogP contribution in [0.25, 0.3) is 0 Å². The number of esters is 2. The molecule has 0 fully saturated rings. The Balaban J connectivity index is 2.08. The number of allylic oxidation sites excluding steroid dienone is 2. The lowest BCUT2D eigenvalue weighted by molar-refractivity contribution is -0.167. The van der Waals surface area contributed by atoms with Crippen molar-refractivity contribution in [2.75, 3.05) is 11.9 Å². The van der Waals surface area contributed by atoms with E-state index in [4.69, 9.17) is 9.47 Å². The molecule has 37 heavy (non-hydrogen) atoms. The Morgan fingerprint density at radius 3 is 2.38 bits per heavy atom. The first-order chi connectivity index (χ1) is 17.5. The first-order valence-corrected chi connectivity index (χ1v) is 13.1. The highest BCUT2D eigenvalue weighted by atomic mass is 19.4. The Morgan fingerprint density at radius 2 is 1.76 bits per heavy atom. The van der Waals surface area contributed by atoms with Crippen molar-refractivity contribution in [1.82, 2.24) is 0 Å². The summed E-state index contributed by atoms with van der Waals surface area (Å²) in [5, 5.41) is 2.01.